The number of likely N-dealkylation sites (tertiary alicyclic amines) is 1. The second-order valence-electron chi connectivity index (χ2n) is 9.12. The Labute approximate surface area is 218 Å². The standard InChI is InChI=1S/C28H27N3O5S/c1-17-3-9-23-22(29-17)16-24(36-23)27(33)31-13-11-19(12-14-31)18-4-6-20(7-5-18)30-26(32)15-21-8-10-25(37-21)28(34)35-2/h3-10,16,19H,11-15H2,1-2H3,(H,30,32). The Bertz CT molecular complexity index is 1450. The maximum absolute atomic E-state index is 13.0. The molecular formula is C28H27N3O5S. The van der Waals surface area contributed by atoms with Gasteiger partial charge in [0, 0.05) is 35.4 Å². The lowest BCUT2D eigenvalue weighted by Crippen LogP contribution is -2.37. The highest BCUT2D eigenvalue weighted by Crippen LogP contribution is 2.30. The summed E-state index contributed by atoms with van der Waals surface area (Å²) in [5, 5.41) is 2.91. The normalized spacial score (nSPS) is 14.1. The zero-order valence-corrected chi connectivity index (χ0v) is 21.5. The van der Waals surface area contributed by atoms with Gasteiger partial charge in [-0.25, -0.2) is 9.78 Å². The summed E-state index contributed by atoms with van der Waals surface area (Å²) in [5.41, 5.74) is 4.12. The summed E-state index contributed by atoms with van der Waals surface area (Å²) >= 11 is 1.26. The number of aryl methyl sites for hydroxylation is 1. The molecule has 0 unspecified atom stereocenters. The number of benzene rings is 1. The molecule has 9 heteroatoms. The Kier molecular flexibility index (Phi) is 7.05. The Hall–Kier alpha value is -3.98. The average Bonchev–Trinajstić information content (AvgIpc) is 3.55. The molecule has 0 radical (unpaired) electrons. The third-order valence-corrected chi connectivity index (χ3v) is 7.62. The molecule has 5 rings (SSSR count). The van der Waals surface area contributed by atoms with Gasteiger partial charge in [0.25, 0.3) is 5.91 Å². The fourth-order valence-corrected chi connectivity index (χ4v) is 5.51. The highest BCUT2D eigenvalue weighted by Gasteiger charge is 2.26. The molecule has 0 atom stereocenters. The van der Waals surface area contributed by atoms with E-state index in [0.29, 0.717) is 40.7 Å². The van der Waals surface area contributed by atoms with Crippen LogP contribution in [0, 0.1) is 6.92 Å². The van der Waals surface area contributed by atoms with Crippen LogP contribution in [0.4, 0.5) is 5.69 Å². The molecule has 1 fully saturated rings. The fraction of sp³-hybridized carbons (Fsp3) is 0.286. The third kappa shape index (κ3) is 5.56. The van der Waals surface area contributed by atoms with Crippen molar-refractivity contribution in [2.75, 3.05) is 25.5 Å². The van der Waals surface area contributed by atoms with Gasteiger partial charge in [0.05, 0.1) is 13.5 Å². The number of hydrogen-bond acceptors (Lipinski definition) is 7. The first-order valence-electron chi connectivity index (χ1n) is 12.1. The molecule has 0 aliphatic carbocycles. The van der Waals surface area contributed by atoms with Crippen LogP contribution >= 0.6 is 11.3 Å². The number of pyridine rings is 1. The number of ether oxygens (including phenoxy) is 1. The topological polar surface area (TPSA) is 102 Å². The minimum Gasteiger partial charge on any atom is -0.465 e. The number of fused-ring (bicyclic) bond motifs is 1. The van der Waals surface area contributed by atoms with Crippen LogP contribution in [0.25, 0.3) is 11.1 Å². The Morgan fingerprint density at radius 1 is 1.08 bits per heavy atom. The Morgan fingerprint density at radius 3 is 2.57 bits per heavy atom. The molecule has 0 saturated carbocycles. The van der Waals surface area contributed by atoms with Gasteiger partial charge in [-0.3, -0.25) is 9.59 Å². The van der Waals surface area contributed by atoms with Crippen LogP contribution in [0.1, 0.15) is 55.1 Å². The van der Waals surface area contributed by atoms with Gasteiger partial charge in [-0.15, -0.1) is 11.3 Å². The van der Waals surface area contributed by atoms with E-state index in [0.717, 1.165) is 29.1 Å². The number of methoxy groups -OCH3 is 1. The number of esters is 1. The van der Waals surface area contributed by atoms with Gasteiger partial charge >= 0.3 is 5.97 Å². The number of anilines is 1. The molecule has 4 aromatic rings. The number of nitrogens with zero attached hydrogens (tertiary/aromatic N) is 2. The first-order valence-corrected chi connectivity index (χ1v) is 12.9. The van der Waals surface area contributed by atoms with Crippen LogP contribution in [0.5, 0.6) is 0 Å². The van der Waals surface area contributed by atoms with Crippen LogP contribution in [0.3, 0.4) is 0 Å². The fourth-order valence-electron chi connectivity index (χ4n) is 4.59. The number of carbonyl (C=O) groups is 3. The highest BCUT2D eigenvalue weighted by atomic mass is 32.1. The monoisotopic (exact) mass is 517 g/mol. The van der Waals surface area contributed by atoms with Crippen LogP contribution in [0.15, 0.2) is 59.0 Å². The number of nitrogens with one attached hydrogen (secondary N) is 1. The lowest BCUT2D eigenvalue weighted by Gasteiger charge is -2.31. The number of piperidine rings is 1. The van der Waals surface area contributed by atoms with Crippen molar-refractivity contribution >= 4 is 45.9 Å². The summed E-state index contributed by atoms with van der Waals surface area (Å²) in [6.07, 6.45) is 1.91. The summed E-state index contributed by atoms with van der Waals surface area (Å²) in [7, 11) is 1.34. The van der Waals surface area contributed by atoms with Gasteiger partial charge in [0.15, 0.2) is 11.3 Å². The minimum absolute atomic E-state index is 0.100. The van der Waals surface area contributed by atoms with E-state index >= 15 is 0 Å². The number of rotatable bonds is 6. The second-order valence-corrected chi connectivity index (χ2v) is 10.3. The van der Waals surface area contributed by atoms with Crippen molar-refractivity contribution in [2.45, 2.75) is 32.1 Å². The number of carbonyl (C=O) groups excluding carboxylic acids is 3. The lowest BCUT2D eigenvalue weighted by molar-refractivity contribution is -0.115. The van der Waals surface area contributed by atoms with Crippen LogP contribution in [0.2, 0.25) is 0 Å². The number of aromatic nitrogens is 1. The van der Waals surface area contributed by atoms with Gasteiger partial charge in [-0.05, 0) is 67.6 Å². The molecule has 2 amide bonds. The zero-order valence-electron chi connectivity index (χ0n) is 20.7. The number of thiophene rings is 1. The maximum atomic E-state index is 13.0. The molecule has 8 nitrogen and oxygen atoms in total. The number of hydrogen-bond donors (Lipinski definition) is 1. The molecule has 3 aromatic heterocycles. The molecule has 1 N–H and O–H groups in total. The van der Waals surface area contributed by atoms with Crippen molar-refractivity contribution in [3.63, 3.8) is 0 Å². The number of amides is 2. The molecule has 1 aromatic carbocycles. The first-order chi connectivity index (χ1) is 17.9. The average molecular weight is 518 g/mol. The molecule has 0 bridgehead atoms. The largest absolute Gasteiger partial charge is 0.465 e. The van der Waals surface area contributed by atoms with Crippen molar-refractivity contribution in [3.05, 3.63) is 81.4 Å². The lowest BCUT2D eigenvalue weighted by atomic mass is 9.89. The van der Waals surface area contributed by atoms with E-state index in [1.165, 1.54) is 24.0 Å². The van der Waals surface area contributed by atoms with Crippen molar-refractivity contribution in [3.8, 4) is 0 Å². The van der Waals surface area contributed by atoms with Crippen molar-refractivity contribution in [1.82, 2.24) is 9.88 Å². The van der Waals surface area contributed by atoms with Crippen LogP contribution < -0.4 is 5.32 Å². The molecule has 190 valence electrons. The van der Waals surface area contributed by atoms with Crippen molar-refractivity contribution in [1.29, 1.82) is 0 Å². The predicted octanol–water partition coefficient (Wildman–Crippen LogP) is 5.19. The van der Waals surface area contributed by atoms with E-state index in [2.05, 4.69) is 10.3 Å². The van der Waals surface area contributed by atoms with E-state index < -0.39 is 5.97 Å². The van der Waals surface area contributed by atoms with E-state index in [9.17, 15) is 14.4 Å². The minimum atomic E-state index is -0.399. The van der Waals surface area contributed by atoms with Crippen molar-refractivity contribution in [2.24, 2.45) is 0 Å². The van der Waals surface area contributed by atoms with Gasteiger partial charge in [0.2, 0.25) is 5.91 Å². The smallest absolute Gasteiger partial charge is 0.348 e. The van der Waals surface area contributed by atoms with Gasteiger partial charge in [0.1, 0.15) is 10.4 Å². The van der Waals surface area contributed by atoms with E-state index in [-0.39, 0.29) is 18.2 Å². The van der Waals surface area contributed by atoms with Gasteiger partial charge in [-0.2, -0.15) is 0 Å². The van der Waals surface area contributed by atoms with Crippen LogP contribution in [-0.4, -0.2) is 47.9 Å². The third-order valence-electron chi connectivity index (χ3n) is 6.55. The molecule has 1 aliphatic heterocycles. The summed E-state index contributed by atoms with van der Waals surface area (Å²) in [4.78, 5) is 44.5. The van der Waals surface area contributed by atoms with E-state index in [1.54, 1.807) is 18.2 Å². The summed E-state index contributed by atoms with van der Waals surface area (Å²) in [6, 6.07) is 16.7. The molecule has 1 saturated heterocycles. The Balaban J connectivity index is 1.13. The molecule has 4 heterocycles. The second kappa shape index (κ2) is 10.6. The number of furan rings is 1. The van der Waals surface area contributed by atoms with E-state index in [1.807, 2.05) is 48.2 Å². The molecule has 37 heavy (non-hydrogen) atoms. The summed E-state index contributed by atoms with van der Waals surface area (Å²) in [6.45, 7) is 3.22. The predicted molar refractivity (Wildman–Crippen MR) is 141 cm³/mol. The van der Waals surface area contributed by atoms with Crippen molar-refractivity contribution < 1.29 is 23.5 Å². The summed E-state index contributed by atoms with van der Waals surface area (Å²) in [5.74, 6) is 0.0297. The molecule has 0 spiro atoms. The Morgan fingerprint density at radius 2 is 1.84 bits per heavy atom. The van der Waals surface area contributed by atoms with Crippen LogP contribution in [-0.2, 0) is 16.0 Å². The summed E-state index contributed by atoms with van der Waals surface area (Å²) < 4.78 is 10.4. The van der Waals surface area contributed by atoms with Gasteiger partial charge < -0.3 is 19.4 Å². The highest BCUT2D eigenvalue weighted by molar-refractivity contribution is 7.14. The SMILES string of the molecule is COC(=O)c1ccc(CC(=O)Nc2ccc(C3CCN(C(=O)c4cc5nc(C)ccc5o4)CC3)cc2)s1. The van der Waals surface area contributed by atoms with E-state index in [4.69, 9.17) is 9.15 Å². The zero-order chi connectivity index (χ0) is 25.9. The molecular weight excluding hydrogens is 490 g/mol. The molecule has 1 aliphatic rings. The van der Waals surface area contributed by atoms with Gasteiger partial charge in [-0.1, -0.05) is 12.1 Å². The quantitative estimate of drug-likeness (QED) is 0.354. The first kappa shape index (κ1) is 24.7. The maximum Gasteiger partial charge on any atom is 0.348 e.